The summed E-state index contributed by atoms with van der Waals surface area (Å²) >= 11 is 1.38. The number of fused-ring (bicyclic) bond motifs is 1. The molecule has 3 aromatic rings. The van der Waals surface area contributed by atoms with Crippen LogP contribution in [0, 0.1) is 18.3 Å². The zero-order valence-corrected chi connectivity index (χ0v) is 16.6. The molecule has 0 aliphatic heterocycles. The van der Waals surface area contributed by atoms with Crippen LogP contribution in [0.15, 0.2) is 24.3 Å². The summed E-state index contributed by atoms with van der Waals surface area (Å²) in [5, 5.41) is 10.4. The second-order valence-corrected chi connectivity index (χ2v) is 6.96. The lowest BCUT2D eigenvalue weighted by atomic mass is 10.1. The van der Waals surface area contributed by atoms with Crippen LogP contribution in [0.5, 0.6) is 0 Å². The summed E-state index contributed by atoms with van der Waals surface area (Å²) in [6.45, 7) is 7.71. The maximum Gasteiger partial charge on any atom is 0.337 e. The Kier molecular flexibility index (Phi) is 5.38. The first-order valence-corrected chi connectivity index (χ1v) is 9.50. The van der Waals surface area contributed by atoms with Gasteiger partial charge in [0, 0.05) is 18.7 Å². The Bertz CT molecular complexity index is 1030. The van der Waals surface area contributed by atoms with Crippen LogP contribution in [0.25, 0.3) is 21.6 Å². The number of benzene rings is 1. The number of hydrogen-bond acceptors (Lipinski definition) is 7. The van der Waals surface area contributed by atoms with E-state index in [4.69, 9.17) is 14.7 Å². The third kappa shape index (κ3) is 3.36. The molecule has 0 aliphatic rings. The molecule has 0 bridgehead atoms. The minimum Gasteiger partial charge on any atom is -0.465 e. The molecular weight excluding hydrogens is 360 g/mol. The molecule has 2 heterocycles. The van der Waals surface area contributed by atoms with Gasteiger partial charge in [-0.15, -0.1) is 11.3 Å². The van der Waals surface area contributed by atoms with Crippen LogP contribution in [0.1, 0.15) is 34.6 Å². The van der Waals surface area contributed by atoms with Crippen LogP contribution >= 0.6 is 11.3 Å². The Balaban J connectivity index is 2.19. The summed E-state index contributed by atoms with van der Waals surface area (Å²) in [7, 11) is 1.36. The molecule has 0 saturated carbocycles. The van der Waals surface area contributed by atoms with Gasteiger partial charge in [0.05, 0.1) is 18.1 Å². The van der Waals surface area contributed by atoms with Crippen LogP contribution in [0.3, 0.4) is 0 Å². The Morgan fingerprint density at radius 3 is 2.44 bits per heavy atom. The molecule has 0 unspecified atom stereocenters. The van der Waals surface area contributed by atoms with E-state index in [0.29, 0.717) is 16.3 Å². The Morgan fingerprint density at radius 2 is 1.89 bits per heavy atom. The topological polar surface area (TPSA) is 79.1 Å². The minimum atomic E-state index is -0.380. The standard InChI is InChI=1S/C20H20N4O2S/c1-5-24(6-2)18-16-12(3)15(11-21)27-19(16)23-17(22-18)13-7-9-14(10-8-13)20(25)26-4/h7-10H,5-6H2,1-4H3. The summed E-state index contributed by atoms with van der Waals surface area (Å²) in [5.74, 6) is 1.04. The number of methoxy groups -OCH3 is 1. The van der Waals surface area contributed by atoms with Crippen molar-refractivity contribution in [1.29, 1.82) is 5.26 Å². The molecule has 2 aromatic heterocycles. The molecule has 7 heteroatoms. The van der Waals surface area contributed by atoms with Gasteiger partial charge in [0.1, 0.15) is 21.6 Å². The van der Waals surface area contributed by atoms with Crippen LogP contribution in [-0.4, -0.2) is 36.1 Å². The number of aryl methyl sites for hydroxylation is 1. The van der Waals surface area contributed by atoms with E-state index in [9.17, 15) is 10.1 Å². The number of nitriles is 1. The molecule has 0 atom stereocenters. The highest BCUT2D eigenvalue weighted by Gasteiger charge is 2.20. The summed E-state index contributed by atoms with van der Waals surface area (Å²) in [6, 6.07) is 9.28. The molecule has 0 aliphatic carbocycles. The first-order chi connectivity index (χ1) is 13.0. The van der Waals surface area contributed by atoms with Crippen LogP contribution < -0.4 is 4.90 Å². The highest BCUT2D eigenvalue weighted by molar-refractivity contribution is 7.19. The predicted molar refractivity (Wildman–Crippen MR) is 107 cm³/mol. The number of aromatic nitrogens is 2. The minimum absolute atomic E-state index is 0.380. The van der Waals surface area contributed by atoms with E-state index in [2.05, 4.69) is 24.8 Å². The molecule has 6 nitrogen and oxygen atoms in total. The zero-order chi connectivity index (χ0) is 19.6. The largest absolute Gasteiger partial charge is 0.465 e. The predicted octanol–water partition coefficient (Wildman–Crippen LogP) is 4.17. The molecule has 0 radical (unpaired) electrons. The number of hydrogen-bond donors (Lipinski definition) is 0. The molecule has 0 saturated heterocycles. The number of rotatable bonds is 5. The smallest absolute Gasteiger partial charge is 0.337 e. The maximum atomic E-state index is 11.6. The molecule has 0 spiro atoms. The second kappa shape index (κ2) is 7.72. The maximum absolute atomic E-state index is 11.6. The summed E-state index contributed by atoms with van der Waals surface area (Å²) in [6.07, 6.45) is 0. The SMILES string of the molecule is CCN(CC)c1nc(-c2ccc(C(=O)OC)cc2)nc2sc(C#N)c(C)c12. The average Bonchev–Trinajstić information content (AvgIpc) is 3.04. The highest BCUT2D eigenvalue weighted by atomic mass is 32.1. The normalized spacial score (nSPS) is 10.6. The van der Waals surface area contributed by atoms with Gasteiger partial charge in [0.15, 0.2) is 5.82 Å². The molecule has 27 heavy (non-hydrogen) atoms. The van der Waals surface area contributed by atoms with Crippen molar-refractivity contribution in [2.45, 2.75) is 20.8 Å². The van der Waals surface area contributed by atoms with Crippen molar-refractivity contribution < 1.29 is 9.53 Å². The van der Waals surface area contributed by atoms with Gasteiger partial charge in [-0.05, 0) is 38.5 Å². The van der Waals surface area contributed by atoms with Crippen molar-refractivity contribution in [2.75, 3.05) is 25.1 Å². The van der Waals surface area contributed by atoms with E-state index in [1.807, 2.05) is 19.1 Å². The van der Waals surface area contributed by atoms with Crippen molar-refractivity contribution in [3.63, 3.8) is 0 Å². The van der Waals surface area contributed by atoms with Gasteiger partial charge in [-0.3, -0.25) is 0 Å². The van der Waals surface area contributed by atoms with Gasteiger partial charge in [-0.1, -0.05) is 12.1 Å². The van der Waals surface area contributed by atoms with Gasteiger partial charge >= 0.3 is 5.97 Å². The second-order valence-electron chi connectivity index (χ2n) is 5.96. The average molecular weight is 380 g/mol. The third-order valence-electron chi connectivity index (χ3n) is 4.50. The van der Waals surface area contributed by atoms with E-state index in [1.54, 1.807) is 12.1 Å². The van der Waals surface area contributed by atoms with Gasteiger partial charge in [0.25, 0.3) is 0 Å². The first kappa shape index (κ1) is 18.8. The lowest BCUT2D eigenvalue weighted by Gasteiger charge is -2.21. The van der Waals surface area contributed by atoms with Crippen LogP contribution in [0.4, 0.5) is 5.82 Å². The zero-order valence-electron chi connectivity index (χ0n) is 15.7. The molecule has 0 N–H and O–H groups in total. The van der Waals surface area contributed by atoms with E-state index in [1.165, 1.54) is 18.4 Å². The fourth-order valence-electron chi connectivity index (χ4n) is 2.98. The van der Waals surface area contributed by atoms with Crippen molar-refractivity contribution in [3.05, 3.63) is 40.3 Å². The van der Waals surface area contributed by atoms with Gasteiger partial charge in [0.2, 0.25) is 0 Å². The quantitative estimate of drug-likeness (QED) is 0.618. The number of ether oxygens (including phenoxy) is 1. The summed E-state index contributed by atoms with van der Waals surface area (Å²) in [4.78, 5) is 24.8. The van der Waals surface area contributed by atoms with Crippen LogP contribution in [0.2, 0.25) is 0 Å². The van der Waals surface area contributed by atoms with Crippen LogP contribution in [-0.2, 0) is 4.74 Å². The van der Waals surface area contributed by atoms with E-state index in [0.717, 1.165) is 40.3 Å². The van der Waals surface area contributed by atoms with Crippen molar-refractivity contribution in [1.82, 2.24) is 9.97 Å². The number of carbonyl (C=O) groups excluding carboxylic acids is 1. The van der Waals surface area contributed by atoms with Gasteiger partial charge in [-0.25, -0.2) is 14.8 Å². The number of nitrogens with zero attached hydrogens (tertiary/aromatic N) is 4. The highest BCUT2D eigenvalue weighted by Crippen LogP contribution is 2.36. The van der Waals surface area contributed by atoms with Crippen molar-refractivity contribution in [3.8, 4) is 17.5 Å². The lowest BCUT2D eigenvalue weighted by Crippen LogP contribution is -2.23. The van der Waals surface area contributed by atoms with Gasteiger partial charge in [-0.2, -0.15) is 5.26 Å². The molecule has 0 fully saturated rings. The van der Waals surface area contributed by atoms with Gasteiger partial charge < -0.3 is 9.64 Å². The Hall–Kier alpha value is -2.98. The number of esters is 1. The Labute approximate surface area is 162 Å². The molecular formula is C20H20N4O2S. The van der Waals surface area contributed by atoms with E-state index < -0.39 is 0 Å². The van der Waals surface area contributed by atoms with E-state index in [-0.39, 0.29) is 5.97 Å². The third-order valence-corrected chi connectivity index (χ3v) is 5.59. The fraction of sp³-hybridized carbons (Fsp3) is 0.300. The molecule has 1 aromatic carbocycles. The number of thiophene rings is 1. The van der Waals surface area contributed by atoms with E-state index >= 15 is 0 Å². The van der Waals surface area contributed by atoms with Crippen molar-refractivity contribution in [2.24, 2.45) is 0 Å². The van der Waals surface area contributed by atoms with Crippen molar-refractivity contribution >= 4 is 33.3 Å². The molecule has 0 amide bonds. The molecule has 138 valence electrons. The first-order valence-electron chi connectivity index (χ1n) is 8.68. The monoisotopic (exact) mass is 380 g/mol. The Morgan fingerprint density at radius 1 is 1.22 bits per heavy atom. The number of anilines is 1. The number of carbonyl (C=O) groups is 1. The lowest BCUT2D eigenvalue weighted by molar-refractivity contribution is 0.0601. The fourth-order valence-corrected chi connectivity index (χ4v) is 3.95. The molecule has 3 rings (SSSR count). The summed E-state index contributed by atoms with van der Waals surface area (Å²) < 4.78 is 4.74. The summed E-state index contributed by atoms with van der Waals surface area (Å²) in [5.41, 5.74) is 2.21.